The third kappa shape index (κ3) is 1.26. The molecule has 78 valence electrons. The Labute approximate surface area is 88.1 Å². The molecule has 0 aromatic rings. The number of halogens is 1. The minimum Gasteiger partial charge on any atom is -0.372 e. The van der Waals surface area contributed by atoms with E-state index in [4.69, 9.17) is 16.3 Å². The summed E-state index contributed by atoms with van der Waals surface area (Å²) in [6.07, 6.45) is 3.50. The summed E-state index contributed by atoms with van der Waals surface area (Å²) in [6.45, 7) is 0. The van der Waals surface area contributed by atoms with E-state index in [9.17, 15) is 4.79 Å². The molecule has 2 saturated heterocycles. The van der Waals surface area contributed by atoms with Gasteiger partial charge in [0.2, 0.25) is 5.91 Å². The number of ether oxygens (including phenoxy) is 1. The van der Waals surface area contributed by atoms with E-state index in [2.05, 4.69) is 5.32 Å². The molecule has 5 atom stereocenters. The number of alkyl halides is 1. The molecule has 0 radical (unpaired) electrons. The maximum atomic E-state index is 11.3. The molecule has 0 spiro atoms. The van der Waals surface area contributed by atoms with Crippen LogP contribution in [0.4, 0.5) is 0 Å². The van der Waals surface area contributed by atoms with Crippen LogP contribution in [0.3, 0.4) is 0 Å². The smallest absolute Gasteiger partial charge is 0.221 e. The van der Waals surface area contributed by atoms with Gasteiger partial charge < -0.3 is 10.1 Å². The summed E-state index contributed by atoms with van der Waals surface area (Å²) in [7, 11) is 0. The summed E-state index contributed by atoms with van der Waals surface area (Å²) in [5, 5.41) is 3.02. The first-order chi connectivity index (χ1) is 6.79. The Morgan fingerprint density at radius 1 is 1.43 bits per heavy atom. The molecular formula is C10H14ClNO2. The molecule has 3 rings (SSSR count). The quantitative estimate of drug-likeness (QED) is 0.711. The van der Waals surface area contributed by atoms with Crippen LogP contribution >= 0.6 is 11.6 Å². The van der Waals surface area contributed by atoms with Crippen LogP contribution in [0, 0.1) is 11.8 Å². The van der Waals surface area contributed by atoms with E-state index >= 15 is 0 Å². The first kappa shape index (κ1) is 8.98. The van der Waals surface area contributed by atoms with E-state index in [-0.39, 0.29) is 11.9 Å². The normalized spacial score (nSPS) is 47.6. The fourth-order valence-electron chi connectivity index (χ4n) is 2.96. The maximum absolute atomic E-state index is 11.3. The lowest BCUT2D eigenvalue weighted by Crippen LogP contribution is -2.42. The van der Waals surface area contributed by atoms with Crippen LogP contribution in [0.25, 0.3) is 0 Å². The first-order valence-electron chi connectivity index (χ1n) is 5.30. The Hall–Kier alpha value is -0.280. The third-order valence-electron chi connectivity index (χ3n) is 3.67. The maximum Gasteiger partial charge on any atom is 0.221 e. The van der Waals surface area contributed by atoms with Crippen molar-refractivity contribution in [3.8, 4) is 0 Å². The number of amides is 1. The van der Waals surface area contributed by atoms with Crippen molar-refractivity contribution in [2.24, 2.45) is 11.8 Å². The second kappa shape index (κ2) is 3.11. The summed E-state index contributed by atoms with van der Waals surface area (Å²) < 4.78 is 5.78. The van der Waals surface area contributed by atoms with Crippen molar-refractivity contribution in [1.29, 1.82) is 0 Å². The summed E-state index contributed by atoms with van der Waals surface area (Å²) in [4.78, 5) is 11.3. The van der Waals surface area contributed by atoms with Crippen molar-refractivity contribution < 1.29 is 9.53 Å². The highest BCUT2D eigenvalue weighted by molar-refractivity contribution is 6.18. The van der Waals surface area contributed by atoms with Gasteiger partial charge >= 0.3 is 0 Å². The molecule has 0 aromatic heterocycles. The minimum atomic E-state index is 0.0679. The van der Waals surface area contributed by atoms with E-state index in [1.165, 1.54) is 6.42 Å². The van der Waals surface area contributed by atoms with Crippen LogP contribution in [0.5, 0.6) is 0 Å². The van der Waals surface area contributed by atoms with E-state index in [1.807, 2.05) is 0 Å². The first-order valence-corrected chi connectivity index (χ1v) is 5.84. The fourth-order valence-corrected chi connectivity index (χ4v) is 3.13. The summed E-state index contributed by atoms with van der Waals surface area (Å²) >= 11 is 5.51. The average molecular weight is 216 g/mol. The SMILES string of the molecule is O=C(CCCl)NC1CC2OC1C1CC21. The molecule has 2 aliphatic heterocycles. The molecule has 3 nitrogen and oxygen atoms in total. The molecule has 1 aliphatic carbocycles. The largest absolute Gasteiger partial charge is 0.372 e. The highest BCUT2D eigenvalue weighted by atomic mass is 35.5. The second-order valence-electron chi connectivity index (χ2n) is 4.55. The molecule has 2 bridgehead atoms. The second-order valence-corrected chi connectivity index (χ2v) is 4.93. The Bertz CT molecular complexity index is 271. The molecule has 1 N–H and O–H groups in total. The lowest BCUT2D eigenvalue weighted by molar-refractivity contribution is -0.121. The predicted octanol–water partition coefficient (Wildman–Crippen LogP) is 0.907. The number of fused-ring (bicyclic) bond motifs is 5. The number of rotatable bonds is 3. The Kier molecular flexibility index (Phi) is 1.99. The van der Waals surface area contributed by atoms with Crippen molar-refractivity contribution in [1.82, 2.24) is 5.32 Å². The molecule has 3 aliphatic rings. The fraction of sp³-hybridized carbons (Fsp3) is 0.900. The Morgan fingerprint density at radius 2 is 2.29 bits per heavy atom. The van der Waals surface area contributed by atoms with Gasteiger partial charge in [0.25, 0.3) is 0 Å². The Morgan fingerprint density at radius 3 is 2.93 bits per heavy atom. The van der Waals surface area contributed by atoms with Crippen LogP contribution in [0.2, 0.25) is 0 Å². The summed E-state index contributed by atoms with van der Waals surface area (Å²) in [5.41, 5.74) is 0. The molecule has 1 saturated carbocycles. The van der Waals surface area contributed by atoms with Crippen LogP contribution < -0.4 is 5.32 Å². The van der Waals surface area contributed by atoms with Gasteiger partial charge in [0.15, 0.2) is 0 Å². The van der Waals surface area contributed by atoms with E-state index in [0.717, 1.165) is 18.3 Å². The van der Waals surface area contributed by atoms with Crippen molar-refractivity contribution in [2.75, 3.05) is 5.88 Å². The van der Waals surface area contributed by atoms with Gasteiger partial charge in [-0.1, -0.05) is 0 Å². The number of hydrogen-bond acceptors (Lipinski definition) is 2. The molecule has 14 heavy (non-hydrogen) atoms. The van der Waals surface area contributed by atoms with Gasteiger partial charge in [0, 0.05) is 12.3 Å². The molecule has 0 aromatic carbocycles. The summed E-state index contributed by atoms with van der Waals surface area (Å²) in [6, 6.07) is 0.263. The van der Waals surface area contributed by atoms with E-state index in [1.54, 1.807) is 0 Å². The van der Waals surface area contributed by atoms with E-state index in [0.29, 0.717) is 24.5 Å². The predicted molar refractivity (Wildman–Crippen MR) is 52.1 cm³/mol. The van der Waals surface area contributed by atoms with Crippen molar-refractivity contribution in [3.05, 3.63) is 0 Å². The van der Waals surface area contributed by atoms with Gasteiger partial charge in [-0.25, -0.2) is 0 Å². The summed E-state index contributed by atoms with van der Waals surface area (Å²) in [5.74, 6) is 2.04. The zero-order valence-electron chi connectivity index (χ0n) is 7.91. The Balaban J connectivity index is 1.57. The monoisotopic (exact) mass is 215 g/mol. The van der Waals surface area contributed by atoms with Crippen LogP contribution in [0.15, 0.2) is 0 Å². The highest BCUT2D eigenvalue weighted by Gasteiger charge is 2.62. The lowest BCUT2D eigenvalue weighted by Gasteiger charge is -2.19. The lowest BCUT2D eigenvalue weighted by atomic mass is 9.95. The topological polar surface area (TPSA) is 38.3 Å². The number of carbonyl (C=O) groups is 1. The van der Waals surface area contributed by atoms with Gasteiger partial charge in [0.1, 0.15) is 0 Å². The number of carbonyl (C=O) groups excluding carboxylic acids is 1. The van der Waals surface area contributed by atoms with E-state index < -0.39 is 0 Å². The van der Waals surface area contributed by atoms with Gasteiger partial charge in [-0.05, 0) is 24.7 Å². The number of nitrogens with one attached hydrogen (secondary N) is 1. The van der Waals surface area contributed by atoms with Crippen molar-refractivity contribution >= 4 is 17.5 Å². The zero-order chi connectivity index (χ0) is 9.71. The highest BCUT2D eigenvalue weighted by Crippen LogP contribution is 2.58. The van der Waals surface area contributed by atoms with Gasteiger partial charge in [-0.15, -0.1) is 11.6 Å². The van der Waals surface area contributed by atoms with Gasteiger partial charge in [-0.3, -0.25) is 4.79 Å². The van der Waals surface area contributed by atoms with Crippen LogP contribution in [-0.2, 0) is 9.53 Å². The standard InChI is InChI=1S/C10H14ClNO2/c11-2-1-9(13)12-7-4-8-5-3-6(5)10(7)14-8/h5-8,10H,1-4H2,(H,12,13). The van der Waals surface area contributed by atoms with Gasteiger partial charge in [-0.2, -0.15) is 0 Å². The molecule has 5 unspecified atom stereocenters. The molecular weight excluding hydrogens is 202 g/mol. The molecule has 3 fully saturated rings. The zero-order valence-corrected chi connectivity index (χ0v) is 8.67. The van der Waals surface area contributed by atoms with Crippen molar-refractivity contribution in [2.45, 2.75) is 37.5 Å². The average Bonchev–Trinajstić information content (AvgIpc) is 2.76. The molecule has 2 heterocycles. The third-order valence-corrected chi connectivity index (χ3v) is 3.86. The number of hydrogen-bond donors (Lipinski definition) is 1. The molecule has 1 amide bonds. The molecule has 4 heteroatoms. The minimum absolute atomic E-state index is 0.0679. The van der Waals surface area contributed by atoms with Crippen LogP contribution in [-0.4, -0.2) is 30.0 Å². The van der Waals surface area contributed by atoms with Gasteiger partial charge in [0.05, 0.1) is 18.2 Å². The van der Waals surface area contributed by atoms with Crippen LogP contribution in [0.1, 0.15) is 19.3 Å². The van der Waals surface area contributed by atoms with Crippen molar-refractivity contribution in [3.63, 3.8) is 0 Å².